The van der Waals surface area contributed by atoms with E-state index in [1.807, 2.05) is 24.3 Å². The molecule has 0 aliphatic carbocycles. The van der Waals surface area contributed by atoms with Crippen molar-refractivity contribution in [3.8, 4) is 11.5 Å². The molecule has 3 rings (SSSR count). The Bertz CT molecular complexity index is 758. The third-order valence-electron chi connectivity index (χ3n) is 4.87. The number of benzene rings is 2. The number of rotatable bonds is 10. The van der Waals surface area contributed by atoms with E-state index in [1.54, 1.807) is 7.11 Å². The molecule has 2 aromatic rings. The predicted molar refractivity (Wildman–Crippen MR) is 112 cm³/mol. The van der Waals surface area contributed by atoms with Crippen LogP contribution in [0, 0.1) is 0 Å². The first kappa shape index (κ1) is 21.1. The van der Waals surface area contributed by atoms with Crippen LogP contribution in [0.3, 0.4) is 0 Å². The molecular weight excluding hydrogens is 368 g/mol. The first-order valence-electron chi connectivity index (χ1n) is 10.1. The van der Waals surface area contributed by atoms with Gasteiger partial charge in [-0.15, -0.1) is 0 Å². The molecule has 0 unspecified atom stereocenters. The normalized spacial score (nSPS) is 14.4. The third-order valence-corrected chi connectivity index (χ3v) is 4.87. The molecule has 6 nitrogen and oxygen atoms in total. The zero-order valence-corrected chi connectivity index (χ0v) is 17.1. The van der Waals surface area contributed by atoms with Crippen molar-refractivity contribution < 1.29 is 19.0 Å². The molecule has 2 aromatic carbocycles. The van der Waals surface area contributed by atoms with Crippen LogP contribution in [0.2, 0.25) is 0 Å². The lowest BCUT2D eigenvalue weighted by Crippen LogP contribution is -2.35. The number of nitrogens with one attached hydrogen (secondary N) is 1. The number of amides is 1. The van der Waals surface area contributed by atoms with Gasteiger partial charge >= 0.3 is 0 Å². The molecule has 0 atom stereocenters. The lowest BCUT2D eigenvalue weighted by atomic mass is 10.1. The molecule has 1 saturated heterocycles. The number of nitrogens with zero attached hydrogens (tertiary/aromatic N) is 1. The summed E-state index contributed by atoms with van der Waals surface area (Å²) in [6.45, 7) is 5.53. The molecule has 156 valence electrons. The summed E-state index contributed by atoms with van der Waals surface area (Å²) in [5, 5.41) is 3.00. The van der Waals surface area contributed by atoms with E-state index in [2.05, 4.69) is 34.5 Å². The molecule has 6 heteroatoms. The zero-order valence-electron chi connectivity index (χ0n) is 17.1. The summed E-state index contributed by atoms with van der Waals surface area (Å²) in [6.07, 6.45) is 1.12. The van der Waals surface area contributed by atoms with E-state index >= 15 is 0 Å². The third kappa shape index (κ3) is 7.40. The van der Waals surface area contributed by atoms with Crippen molar-refractivity contribution in [3.05, 3.63) is 59.7 Å². The molecule has 1 aliphatic rings. The molecule has 0 saturated carbocycles. The number of carbonyl (C=O) groups is 1. The minimum atomic E-state index is 0.0434. The van der Waals surface area contributed by atoms with E-state index in [1.165, 1.54) is 5.56 Å². The van der Waals surface area contributed by atoms with Crippen LogP contribution < -0.4 is 14.8 Å². The first-order chi connectivity index (χ1) is 14.2. The molecule has 1 amide bonds. The van der Waals surface area contributed by atoms with Gasteiger partial charge in [0.25, 0.3) is 0 Å². The highest BCUT2D eigenvalue weighted by Gasteiger charge is 2.11. The number of morpholine rings is 1. The number of hydrogen-bond acceptors (Lipinski definition) is 5. The Kier molecular flexibility index (Phi) is 8.34. The maximum Gasteiger partial charge on any atom is 0.220 e. The van der Waals surface area contributed by atoms with Crippen LogP contribution in [-0.2, 0) is 22.6 Å². The second-order valence-electron chi connectivity index (χ2n) is 7.11. The van der Waals surface area contributed by atoms with E-state index < -0.39 is 0 Å². The summed E-state index contributed by atoms with van der Waals surface area (Å²) in [6, 6.07) is 15.9. The Labute approximate surface area is 172 Å². The van der Waals surface area contributed by atoms with E-state index in [0.717, 1.165) is 49.9 Å². The van der Waals surface area contributed by atoms with E-state index in [9.17, 15) is 4.79 Å². The van der Waals surface area contributed by atoms with Gasteiger partial charge in [-0.05, 0) is 41.8 Å². The standard InChI is InChI=1S/C23H30N2O4/c1-27-21-7-9-22(10-8-21)29-13-3-6-23(26)24-17-19-4-2-5-20(16-19)18-25-11-14-28-15-12-25/h2,4-5,7-10,16H,3,6,11-15,17-18H2,1H3,(H,24,26). The van der Waals surface area contributed by atoms with Gasteiger partial charge in [-0.2, -0.15) is 0 Å². The molecule has 1 N–H and O–H groups in total. The maximum absolute atomic E-state index is 12.1. The van der Waals surface area contributed by atoms with Crippen molar-refractivity contribution in [2.75, 3.05) is 40.0 Å². The minimum Gasteiger partial charge on any atom is -0.497 e. The molecule has 0 spiro atoms. The summed E-state index contributed by atoms with van der Waals surface area (Å²) in [5.41, 5.74) is 2.39. The summed E-state index contributed by atoms with van der Waals surface area (Å²) in [5.74, 6) is 1.62. The Morgan fingerprint density at radius 3 is 2.55 bits per heavy atom. The van der Waals surface area contributed by atoms with Crippen LogP contribution in [0.25, 0.3) is 0 Å². The summed E-state index contributed by atoms with van der Waals surface area (Å²) in [7, 11) is 1.63. The fourth-order valence-corrected chi connectivity index (χ4v) is 3.24. The lowest BCUT2D eigenvalue weighted by molar-refractivity contribution is -0.121. The van der Waals surface area contributed by atoms with Gasteiger partial charge in [0.2, 0.25) is 5.91 Å². The van der Waals surface area contributed by atoms with Crippen LogP contribution in [0.1, 0.15) is 24.0 Å². The van der Waals surface area contributed by atoms with Crippen molar-refractivity contribution in [1.29, 1.82) is 0 Å². The quantitative estimate of drug-likeness (QED) is 0.624. The van der Waals surface area contributed by atoms with Crippen LogP contribution in [0.5, 0.6) is 11.5 Å². The van der Waals surface area contributed by atoms with Crippen LogP contribution in [-0.4, -0.2) is 50.8 Å². The fourth-order valence-electron chi connectivity index (χ4n) is 3.24. The number of carbonyl (C=O) groups excluding carboxylic acids is 1. The zero-order chi connectivity index (χ0) is 20.3. The van der Waals surface area contributed by atoms with Crippen molar-refractivity contribution in [3.63, 3.8) is 0 Å². The van der Waals surface area contributed by atoms with Gasteiger partial charge in [-0.25, -0.2) is 0 Å². The number of ether oxygens (including phenoxy) is 3. The van der Waals surface area contributed by atoms with Crippen molar-refractivity contribution in [2.45, 2.75) is 25.9 Å². The largest absolute Gasteiger partial charge is 0.497 e. The van der Waals surface area contributed by atoms with E-state index in [-0.39, 0.29) is 5.91 Å². The van der Waals surface area contributed by atoms with Crippen molar-refractivity contribution in [1.82, 2.24) is 10.2 Å². The predicted octanol–water partition coefficient (Wildman–Crippen LogP) is 3.00. The Balaban J connectivity index is 1.33. The van der Waals surface area contributed by atoms with E-state index in [4.69, 9.17) is 14.2 Å². The fraction of sp³-hybridized carbons (Fsp3) is 0.435. The maximum atomic E-state index is 12.1. The average Bonchev–Trinajstić information content (AvgIpc) is 2.77. The average molecular weight is 399 g/mol. The Morgan fingerprint density at radius 2 is 1.79 bits per heavy atom. The van der Waals surface area contributed by atoms with E-state index in [0.29, 0.717) is 26.0 Å². The Hall–Kier alpha value is -2.57. The van der Waals surface area contributed by atoms with Gasteiger partial charge in [0.15, 0.2) is 0 Å². The minimum absolute atomic E-state index is 0.0434. The van der Waals surface area contributed by atoms with Crippen LogP contribution in [0.4, 0.5) is 0 Å². The van der Waals surface area contributed by atoms with Gasteiger partial charge < -0.3 is 19.5 Å². The molecular formula is C23H30N2O4. The number of hydrogen-bond donors (Lipinski definition) is 1. The molecule has 0 radical (unpaired) electrons. The summed E-state index contributed by atoms with van der Waals surface area (Å²) < 4.78 is 16.2. The molecule has 0 bridgehead atoms. The topological polar surface area (TPSA) is 60.0 Å². The molecule has 29 heavy (non-hydrogen) atoms. The summed E-state index contributed by atoms with van der Waals surface area (Å²) in [4.78, 5) is 14.5. The monoisotopic (exact) mass is 398 g/mol. The van der Waals surface area contributed by atoms with Gasteiger partial charge in [0, 0.05) is 32.6 Å². The SMILES string of the molecule is COc1ccc(OCCCC(=O)NCc2cccc(CN3CCOCC3)c2)cc1. The summed E-state index contributed by atoms with van der Waals surface area (Å²) >= 11 is 0. The second kappa shape index (κ2) is 11.4. The highest BCUT2D eigenvalue weighted by atomic mass is 16.5. The van der Waals surface area contributed by atoms with Crippen LogP contribution >= 0.6 is 0 Å². The molecule has 1 fully saturated rings. The number of methoxy groups -OCH3 is 1. The lowest BCUT2D eigenvalue weighted by Gasteiger charge is -2.26. The highest BCUT2D eigenvalue weighted by molar-refractivity contribution is 5.75. The van der Waals surface area contributed by atoms with Gasteiger partial charge in [0.1, 0.15) is 11.5 Å². The second-order valence-corrected chi connectivity index (χ2v) is 7.11. The van der Waals surface area contributed by atoms with Crippen molar-refractivity contribution in [2.24, 2.45) is 0 Å². The van der Waals surface area contributed by atoms with Crippen molar-refractivity contribution >= 4 is 5.91 Å². The van der Waals surface area contributed by atoms with Gasteiger partial charge in [0.05, 0.1) is 26.9 Å². The van der Waals surface area contributed by atoms with Gasteiger partial charge in [-0.1, -0.05) is 24.3 Å². The first-order valence-corrected chi connectivity index (χ1v) is 10.1. The highest BCUT2D eigenvalue weighted by Crippen LogP contribution is 2.17. The smallest absolute Gasteiger partial charge is 0.220 e. The molecule has 0 aromatic heterocycles. The molecule has 1 aliphatic heterocycles. The van der Waals surface area contributed by atoms with Gasteiger partial charge in [-0.3, -0.25) is 9.69 Å². The van der Waals surface area contributed by atoms with Crippen LogP contribution in [0.15, 0.2) is 48.5 Å². The Morgan fingerprint density at radius 1 is 1.07 bits per heavy atom. The molecule has 1 heterocycles.